The lowest BCUT2D eigenvalue weighted by Crippen LogP contribution is -2.48. The summed E-state index contributed by atoms with van der Waals surface area (Å²) in [7, 11) is 1.73. The first kappa shape index (κ1) is 22.7. The fourth-order valence-corrected chi connectivity index (χ4v) is 2.85. The second-order valence-electron chi connectivity index (χ2n) is 8.14. The molecule has 0 radical (unpaired) electrons. The zero-order valence-corrected chi connectivity index (χ0v) is 19.0. The molecule has 1 aromatic carbocycles. The lowest BCUT2D eigenvalue weighted by Gasteiger charge is -2.21. The van der Waals surface area contributed by atoms with E-state index in [-0.39, 0.29) is 42.0 Å². The molecular weight excluding hydrogens is 439 g/mol. The topological polar surface area (TPSA) is 65.5 Å². The zero-order valence-electron chi connectivity index (χ0n) is 16.7. The number of benzene rings is 1. The Bertz CT molecular complexity index is 620. The molecule has 1 fully saturated rings. The maximum atomic E-state index is 11.9. The number of nitrogens with zero attached hydrogens (tertiary/aromatic N) is 1. The fraction of sp³-hybridized carbons (Fsp3) is 0.600. The highest BCUT2D eigenvalue weighted by Gasteiger charge is 2.39. The van der Waals surface area contributed by atoms with E-state index in [1.807, 2.05) is 20.8 Å². The van der Waals surface area contributed by atoms with Gasteiger partial charge in [0, 0.05) is 24.5 Å². The summed E-state index contributed by atoms with van der Waals surface area (Å²) >= 11 is 0. The van der Waals surface area contributed by atoms with Crippen molar-refractivity contribution in [1.82, 2.24) is 16.0 Å². The van der Waals surface area contributed by atoms with E-state index in [0.29, 0.717) is 23.8 Å². The molecule has 0 saturated heterocycles. The first-order chi connectivity index (χ1) is 11.7. The number of aliphatic imine (C=N–C) groups is 1. The average molecular weight is 472 g/mol. The number of amides is 1. The molecule has 0 aliphatic heterocycles. The zero-order chi connectivity index (χ0) is 18.6. The molecule has 3 N–H and O–H groups in total. The van der Waals surface area contributed by atoms with Gasteiger partial charge in [-0.05, 0) is 44.2 Å². The Hall–Kier alpha value is -1.31. The molecule has 0 spiro atoms. The summed E-state index contributed by atoms with van der Waals surface area (Å²) in [4.78, 5) is 16.1. The largest absolute Gasteiger partial charge is 0.353 e. The van der Waals surface area contributed by atoms with E-state index in [2.05, 4.69) is 59.1 Å². The molecule has 0 bridgehead atoms. The Morgan fingerprint density at radius 2 is 1.85 bits per heavy atom. The quantitative estimate of drug-likeness (QED) is 0.350. The Kier molecular flexibility index (Phi) is 8.37. The molecule has 1 saturated carbocycles. The van der Waals surface area contributed by atoms with Gasteiger partial charge < -0.3 is 16.0 Å². The highest BCUT2D eigenvalue weighted by atomic mass is 127. The SMILES string of the molecule is CN=C(NCC(=O)NC(C)(C)C)NC1CC1c1ccc(C(C)C)cc1.I. The summed E-state index contributed by atoms with van der Waals surface area (Å²) in [5, 5.41) is 9.42. The van der Waals surface area contributed by atoms with Crippen LogP contribution in [0.3, 0.4) is 0 Å². The van der Waals surface area contributed by atoms with Crippen LogP contribution in [0.15, 0.2) is 29.3 Å². The number of carbonyl (C=O) groups is 1. The predicted molar refractivity (Wildman–Crippen MR) is 119 cm³/mol. The molecule has 2 atom stereocenters. The van der Waals surface area contributed by atoms with E-state index >= 15 is 0 Å². The van der Waals surface area contributed by atoms with Crippen molar-refractivity contribution < 1.29 is 4.79 Å². The van der Waals surface area contributed by atoms with Crippen LogP contribution in [0.1, 0.15) is 64.0 Å². The lowest BCUT2D eigenvalue weighted by molar-refractivity contribution is -0.121. The summed E-state index contributed by atoms with van der Waals surface area (Å²) in [5.41, 5.74) is 2.51. The fourth-order valence-electron chi connectivity index (χ4n) is 2.85. The molecule has 5 nitrogen and oxygen atoms in total. The molecule has 0 heterocycles. The molecule has 1 aliphatic carbocycles. The minimum atomic E-state index is -0.223. The van der Waals surface area contributed by atoms with E-state index in [1.54, 1.807) is 7.05 Å². The van der Waals surface area contributed by atoms with E-state index in [0.717, 1.165) is 6.42 Å². The third-order valence-electron chi connectivity index (χ3n) is 4.30. The number of nitrogens with one attached hydrogen (secondary N) is 3. The van der Waals surface area contributed by atoms with Crippen LogP contribution in [0.4, 0.5) is 0 Å². The van der Waals surface area contributed by atoms with Crippen LogP contribution in [0.25, 0.3) is 0 Å². The Morgan fingerprint density at radius 3 is 2.35 bits per heavy atom. The molecular formula is C20H33IN4O. The van der Waals surface area contributed by atoms with Crippen LogP contribution < -0.4 is 16.0 Å². The van der Waals surface area contributed by atoms with Gasteiger partial charge in [0.2, 0.25) is 5.91 Å². The summed E-state index contributed by atoms with van der Waals surface area (Å²) in [5.74, 6) is 1.72. The smallest absolute Gasteiger partial charge is 0.239 e. The van der Waals surface area contributed by atoms with Gasteiger partial charge in [0.15, 0.2) is 5.96 Å². The van der Waals surface area contributed by atoms with Gasteiger partial charge in [0.1, 0.15) is 0 Å². The van der Waals surface area contributed by atoms with E-state index < -0.39 is 0 Å². The number of guanidine groups is 1. The summed E-state index contributed by atoms with van der Waals surface area (Å²) in [6, 6.07) is 9.28. The van der Waals surface area contributed by atoms with E-state index in [9.17, 15) is 4.79 Å². The van der Waals surface area contributed by atoms with Gasteiger partial charge >= 0.3 is 0 Å². The van der Waals surface area contributed by atoms with Crippen molar-refractivity contribution in [2.45, 2.75) is 64.5 Å². The molecule has 2 unspecified atom stereocenters. The minimum Gasteiger partial charge on any atom is -0.353 e. The molecule has 1 amide bonds. The standard InChI is InChI=1S/C20H32N4O.HI/c1-13(2)14-7-9-15(10-8-14)16-11-17(16)23-19(21-6)22-12-18(25)24-20(3,4)5;/h7-10,13,16-17H,11-12H2,1-6H3,(H,24,25)(H2,21,22,23);1H. The minimum absolute atomic E-state index is 0. The van der Waals surface area contributed by atoms with Gasteiger partial charge in [-0.2, -0.15) is 0 Å². The van der Waals surface area contributed by atoms with E-state index in [4.69, 9.17) is 0 Å². The van der Waals surface area contributed by atoms with Crippen LogP contribution in [-0.4, -0.2) is 37.0 Å². The van der Waals surface area contributed by atoms with E-state index in [1.165, 1.54) is 11.1 Å². The predicted octanol–water partition coefficient (Wildman–Crippen LogP) is 3.36. The first-order valence-corrected chi connectivity index (χ1v) is 9.07. The first-order valence-electron chi connectivity index (χ1n) is 9.07. The van der Waals surface area contributed by atoms with Gasteiger partial charge in [0.25, 0.3) is 0 Å². The van der Waals surface area contributed by atoms with Gasteiger partial charge in [-0.3, -0.25) is 9.79 Å². The number of hydrogen-bond donors (Lipinski definition) is 3. The van der Waals surface area contributed by atoms with Crippen molar-refractivity contribution in [3.63, 3.8) is 0 Å². The van der Waals surface area contributed by atoms with Crippen molar-refractivity contribution in [3.8, 4) is 0 Å². The number of halogens is 1. The van der Waals surface area contributed by atoms with Gasteiger partial charge in [-0.1, -0.05) is 38.1 Å². The van der Waals surface area contributed by atoms with Crippen LogP contribution in [-0.2, 0) is 4.79 Å². The Labute approximate surface area is 174 Å². The second kappa shape index (κ2) is 9.58. The highest BCUT2D eigenvalue weighted by molar-refractivity contribution is 14.0. The third-order valence-corrected chi connectivity index (χ3v) is 4.30. The van der Waals surface area contributed by atoms with Gasteiger partial charge in [-0.15, -0.1) is 24.0 Å². The third kappa shape index (κ3) is 7.13. The van der Waals surface area contributed by atoms with Gasteiger partial charge in [0.05, 0.1) is 6.54 Å². The molecule has 1 aliphatic rings. The summed E-state index contributed by atoms with van der Waals surface area (Å²) in [6.45, 7) is 10.5. The Balaban J connectivity index is 0.00000338. The molecule has 0 aromatic heterocycles. The van der Waals surface area contributed by atoms with Crippen molar-refractivity contribution in [3.05, 3.63) is 35.4 Å². The number of rotatable bonds is 5. The summed E-state index contributed by atoms with van der Waals surface area (Å²) < 4.78 is 0. The highest BCUT2D eigenvalue weighted by Crippen LogP contribution is 2.41. The average Bonchev–Trinajstić information content (AvgIpc) is 3.29. The lowest BCUT2D eigenvalue weighted by atomic mass is 10.0. The molecule has 2 rings (SSSR count). The molecule has 26 heavy (non-hydrogen) atoms. The maximum Gasteiger partial charge on any atom is 0.239 e. The summed E-state index contributed by atoms with van der Waals surface area (Å²) in [6.07, 6.45) is 1.09. The van der Waals surface area contributed by atoms with Crippen molar-refractivity contribution in [1.29, 1.82) is 0 Å². The van der Waals surface area contributed by atoms with Crippen molar-refractivity contribution in [2.24, 2.45) is 4.99 Å². The number of hydrogen-bond acceptors (Lipinski definition) is 2. The van der Waals surface area contributed by atoms with Gasteiger partial charge in [-0.25, -0.2) is 0 Å². The van der Waals surface area contributed by atoms with Crippen molar-refractivity contribution >= 4 is 35.8 Å². The maximum absolute atomic E-state index is 11.9. The molecule has 1 aromatic rings. The van der Waals surface area contributed by atoms with Crippen LogP contribution in [0.5, 0.6) is 0 Å². The van der Waals surface area contributed by atoms with Crippen molar-refractivity contribution in [2.75, 3.05) is 13.6 Å². The normalized spacial score (nSPS) is 19.6. The molecule has 6 heteroatoms. The number of carbonyl (C=O) groups excluding carboxylic acids is 1. The Morgan fingerprint density at radius 1 is 1.23 bits per heavy atom. The van der Waals surface area contributed by atoms with Crippen LogP contribution >= 0.6 is 24.0 Å². The molecule has 146 valence electrons. The van der Waals surface area contributed by atoms with Crippen LogP contribution in [0, 0.1) is 0 Å². The second-order valence-corrected chi connectivity index (χ2v) is 8.14. The monoisotopic (exact) mass is 472 g/mol. The van der Waals surface area contributed by atoms with Crippen LogP contribution in [0.2, 0.25) is 0 Å².